The molecular weight excluding hydrogens is 304 g/mol. The van der Waals surface area contributed by atoms with E-state index in [0.717, 1.165) is 35.8 Å². The van der Waals surface area contributed by atoms with Gasteiger partial charge in [0.15, 0.2) is 0 Å². The van der Waals surface area contributed by atoms with Crippen molar-refractivity contribution in [3.05, 3.63) is 28.7 Å². The number of carbonyl (C=O) groups is 1. The molecule has 1 aromatic carbocycles. The molecule has 0 bridgehead atoms. The van der Waals surface area contributed by atoms with Crippen molar-refractivity contribution < 1.29 is 4.79 Å². The summed E-state index contributed by atoms with van der Waals surface area (Å²) in [5, 5.41) is 3.30. The lowest BCUT2D eigenvalue weighted by molar-refractivity contribution is -0.123. The summed E-state index contributed by atoms with van der Waals surface area (Å²) in [5.41, 5.74) is 0.947. The standard InChI is InChI=1S/C15H21BrN2O/c1-17-12-9-7-11(8-10-12)15(19)18(2)14-6-4-3-5-13(14)16/h3-6,11-12,17H,7-10H2,1-2H3. The van der Waals surface area contributed by atoms with Gasteiger partial charge in [0.25, 0.3) is 0 Å². The Morgan fingerprint density at radius 3 is 2.47 bits per heavy atom. The number of para-hydroxylation sites is 1. The van der Waals surface area contributed by atoms with E-state index in [9.17, 15) is 4.79 Å². The first-order valence-electron chi connectivity index (χ1n) is 6.83. The monoisotopic (exact) mass is 324 g/mol. The minimum Gasteiger partial charge on any atom is -0.317 e. The average Bonchev–Trinajstić information content (AvgIpc) is 2.46. The van der Waals surface area contributed by atoms with Gasteiger partial charge in [-0.1, -0.05) is 12.1 Å². The number of halogens is 1. The zero-order chi connectivity index (χ0) is 13.8. The summed E-state index contributed by atoms with van der Waals surface area (Å²) < 4.78 is 0.967. The maximum absolute atomic E-state index is 12.5. The van der Waals surface area contributed by atoms with Crippen molar-refractivity contribution in [1.29, 1.82) is 0 Å². The summed E-state index contributed by atoms with van der Waals surface area (Å²) in [6.07, 6.45) is 4.16. The fraction of sp³-hybridized carbons (Fsp3) is 0.533. The van der Waals surface area contributed by atoms with Crippen LogP contribution in [0.2, 0.25) is 0 Å². The number of nitrogens with one attached hydrogen (secondary N) is 1. The molecule has 1 saturated carbocycles. The number of amides is 1. The normalized spacial score (nSPS) is 23.1. The first kappa shape index (κ1) is 14.5. The molecule has 104 valence electrons. The van der Waals surface area contributed by atoms with Gasteiger partial charge in [0.2, 0.25) is 5.91 Å². The van der Waals surface area contributed by atoms with Crippen LogP contribution in [0.3, 0.4) is 0 Å². The van der Waals surface area contributed by atoms with Crippen LogP contribution in [0.1, 0.15) is 25.7 Å². The number of hydrogen-bond acceptors (Lipinski definition) is 2. The summed E-state index contributed by atoms with van der Waals surface area (Å²) in [7, 11) is 3.87. The molecule has 1 fully saturated rings. The quantitative estimate of drug-likeness (QED) is 0.926. The number of nitrogens with zero attached hydrogens (tertiary/aromatic N) is 1. The van der Waals surface area contributed by atoms with E-state index in [-0.39, 0.29) is 11.8 Å². The van der Waals surface area contributed by atoms with Gasteiger partial charge in [0, 0.05) is 23.5 Å². The summed E-state index contributed by atoms with van der Waals surface area (Å²) in [4.78, 5) is 14.3. The van der Waals surface area contributed by atoms with E-state index in [1.807, 2.05) is 38.4 Å². The Bertz CT molecular complexity index is 442. The molecule has 0 radical (unpaired) electrons. The molecule has 0 unspecified atom stereocenters. The molecule has 1 N–H and O–H groups in total. The molecular formula is C15H21BrN2O. The van der Waals surface area contributed by atoms with E-state index in [2.05, 4.69) is 21.2 Å². The third-order valence-corrected chi connectivity index (χ3v) is 4.70. The van der Waals surface area contributed by atoms with Gasteiger partial charge in [-0.25, -0.2) is 0 Å². The Balaban J connectivity index is 2.02. The van der Waals surface area contributed by atoms with E-state index in [0.29, 0.717) is 6.04 Å². The maximum atomic E-state index is 12.5. The van der Waals surface area contributed by atoms with Gasteiger partial charge < -0.3 is 10.2 Å². The number of benzene rings is 1. The fourth-order valence-electron chi connectivity index (χ4n) is 2.75. The van der Waals surface area contributed by atoms with E-state index in [1.165, 1.54) is 0 Å². The third-order valence-electron chi connectivity index (χ3n) is 4.03. The SMILES string of the molecule is CNC1CCC(C(=O)N(C)c2ccccc2Br)CC1. The molecule has 0 heterocycles. The van der Waals surface area contributed by atoms with E-state index >= 15 is 0 Å². The molecule has 1 amide bonds. The van der Waals surface area contributed by atoms with Crippen LogP contribution in [0.4, 0.5) is 5.69 Å². The minimum absolute atomic E-state index is 0.168. The largest absolute Gasteiger partial charge is 0.317 e. The first-order chi connectivity index (χ1) is 9.13. The summed E-state index contributed by atoms with van der Waals surface area (Å²) in [5.74, 6) is 0.406. The van der Waals surface area contributed by atoms with Crippen LogP contribution < -0.4 is 10.2 Å². The second-order valence-corrected chi connectivity index (χ2v) is 6.04. The van der Waals surface area contributed by atoms with Crippen molar-refractivity contribution in [2.75, 3.05) is 19.0 Å². The molecule has 4 heteroatoms. The molecule has 0 aliphatic heterocycles. The third kappa shape index (κ3) is 3.37. The lowest BCUT2D eigenvalue weighted by atomic mass is 9.85. The number of anilines is 1. The van der Waals surface area contributed by atoms with Gasteiger partial charge in [0.05, 0.1) is 5.69 Å². The molecule has 0 aromatic heterocycles. The van der Waals surface area contributed by atoms with Crippen molar-refractivity contribution in [2.45, 2.75) is 31.7 Å². The second kappa shape index (κ2) is 6.53. The zero-order valence-corrected chi connectivity index (χ0v) is 13.1. The minimum atomic E-state index is 0.168. The van der Waals surface area contributed by atoms with Crippen molar-refractivity contribution >= 4 is 27.5 Å². The van der Waals surface area contributed by atoms with Crippen LogP contribution in [-0.4, -0.2) is 26.0 Å². The maximum Gasteiger partial charge on any atom is 0.229 e. The van der Waals surface area contributed by atoms with Gasteiger partial charge in [-0.2, -0.15) is 0 Å². The lowest BCUT2D eigenvalue weighted by Gasteiger charge is -2.30. The number of rotatable bonds is 3. The van der Waals surface area contributed by atoms with E-state index < -0.39 is 0 Å². The van der Waals surface area contributed by atoms with E-state index in [1.54, 1.807) is 4.90 Å². The van der Waals surface area contributed by atoms with Gasteiger partial charge >= 0.3 is 0 Å². The topological polar surface area (TPSA) is 32.3 Å². The smallest absolute Gasteiger partial charge is 0.229 e. The average molecular weight is 325 g/mol. The summed E-state index contributed by atoms with van der Waals surface area (Å²) in [6.45, 7) is 0. The second-order valence-electron chi connectivity index (χ2n) is 5.19. The van der Waals surface area contributed by atoms with E-state index in [4.69, 9.17) is 0 Å². The Hall–Kier alpha value is -0.870. The van der Waals surface area contributed by atoms with Crippen molar-refractivity contribution in [3.63, 3.8) is 0 Å². The fourth-order valence-corrected chi connectivity index (χ4v) is 3.30. The molecule has 1 aliphatic carbocycles. The van der Waals surface area contributed by atoms with Crippen LogP contribution in [-0.2, 0) is 4.79 Å². The predicted molar refractivity (Wildman–Crippen MR) is 82.4 cm³/mol. The number of carbonyl (C=O) groups excluding carboxylic acids is 1. The highest BCUT2D eigenvalue weighted by molar-refractivity contribution is 9.10. The summed E-state index contributed by atoms with van der Waals surface area (Å²) in [6, 6.07) is 8.45. The van der Waals surface area contributed by atoms with Crippen molar-refractivity contribution in [1.82, 2.24) is 5.32 Å². The molecule has 1 aliphatic rings. The summed E-state index contributed by atoms with van der Waals surface area (Å²) >= 11 is 3.51. The van der Waals surface area contributed by atoms with Gasteiger partial charge in [-0.3, -0.25) is 4.79 Å². The van der Waals surface area contributed by atoms with Crippen molar-refractivity contribution in [2.24, 2.45) is 5.92 Å². The molecule has 1 aromatic rings. The zero-order valence-electron chi connectivity index (χ0n) is 11.5. The van der Waals surface area contributed by atoms with Crippen LogP contribution in [0.15, 0.2) is 28.7 Å². The first-order valence-corrected chi connectivity index (χ1v) is 7.62. The van der Waals surface area contributed by atoms with Crippen LogP contribution in [0.25, 0.3) is 0 Å². The van der Waals surface area contributed by atoms with Crippen LogP contribution in [0.5, 0.6) is 0 Å². The molecule has 2 rings (SSSR count). The molecule has 3 nitrogen and oxygen atoms in total. The number of hydrogen-bond donors (Lipinski definition) is 1. The van der Waals surface area contributed by atoms with Crippen LogP contribution in [0, 0.1) is 5.92 Å². The molecule has 19 heavy (non-hydrogen) atoms. The highest BCUT2D eigenvalue weighted by Gasteiger charge is 2.28. The molecule has 0 atom stereocenters. The van der Waals surface area contributed by atoms with Gasteiger partial charge in [-0.15, -0.1) is 0 Å². The highest BCUT2D eigenvalue weighted by atomic mass is 79.9. The highest BCUT2D eigenvalue weighted by Crippen LogP contribution is 2.30. The van der Waals surface area contributed by atoms with Gasteiger partial charge in [-0.05, 0) is 60.8 Å². The van der Waals surface area contributed by atoms with Crippen LogP contribution >= 0.6 is 15.9 Å². The molecule has 0 saturated heterocycles. The Morgan fingerprint density at radius 1 is 1.26 bits per heavy atom. The Morgan fingerprint density at radius 2 is 1.89 bits per heavy atom. The van der Waals surface area contributed by atoms with Gasteiger partial charge in [0.1, 0.15) is 0 Å². The Labute approximate surface area is 123 Å². The van der Waals surface area contributed by atoms with Crippen molar-refractivity contribution in [3.8, 4) is 0 Å². The lowest BCUT2D eigenvalue weighted by Crippen LogP contribution is -2.38. The predicted octanol–water partition coefficient (Wildman–Crippen LogP) is 3.19. The Kier molecular flexibility index (Phi) is 4.99. The molecule has 0 spiro atoms.